The van der Waals surface area contributed by atoms with Crippen LogP contribution in [0.25, 0.3) is 0 Å². The van der Waals surface area contributed by atoms with Crippen LogP contribution in [0.5, 0.6) is 5.75 Å². The largest absolute Gasteiger partial charge is 0.472 e. The number of halogens is 2. The van der Waals surface area contributed by atoms with Crippen molar-refractivity contribution >= 4 is 0 Å². The third-order valence-electron chi connectivity index (χ3n) is 3.13. The van der Waals surface area contributed by atoms with Crippen molar-refractivity contribution in [2.24, 2.45) is 0 Å². The van der Waals surface area contributed by atoms with E-state index in [1.807, 2.05) is 26.0 Å². The molecule has 0 aliphatic heterocycles. The van der Waals surface area contributed by atoms with Crippen LogP contribution in [0.15, 0.2) is 47.3 Å². The topological polar surface area (TPSA) is 34.4 Å². The van der Waals surface area contributed by atoms with Crippen LogP contribution in [0.3, 0.4) is 0 Å². The van der Waals surface area contributed by atoms with Gasteiger partial charge in [-0.3, -0.25) is 0 Å². The molecule has 0 bridgehead atoms. The van der Waals surface area contributed by atoms with Crippen molar-refractivity contribution < 1.29 is 17.9 Å². The average Bonchev–Trinajstić information content (AvgIpc) is 2.92. The van der Waals surface area contributed by atoms with Gasteiger partial charge in [0.1, 0.15) is 5.75 Å². The molecule has 1 aromatic heterocycles. The molecule has 0 aliphatic rings. The summed E-state index contributed by atoms with van der Waals surface area (Å²) in [7, 11) is 0. The molecule has 0 radical (unpaired) electrons. The van der Waals surface area contributed by atoms with E-state index < -0.39 is 6.61 Å². The molecule has 0 amide bonds. The van der Waals surface area contributed by atoms with Crippen LogP contribution in [0.2, 0.25) is 0 Å². The molecule has 3 nitrogen and oxygen atoms in total. The van der Waals surface area contributed by atoms with E-state index in [4.69, 9.17) is 4.42 Å². The number of nitrogens with one attached hydrogen (secondary N) is 1. The highest BCUT2D eigenvalue weighted by molar-refractivity contribution is 5.30. The molecule has 0 spiro atoms. The normalized spacial score (nSPS) is 14.2. The summed E-state index contributed by atoms with van der Waals surface area (Å²) in [6.07, 6.45) is 3.30. The van der Waals surface area contributed by atoms with E-state index >= 15 is 0 Å². The standard InChI is InChI=1S/C15H17F2NO2/c1-10(18-11(2)13-6-7-19-9-13)12-4-3-5-14(8-12)20-15(16)17/h3-11,15,18H,1-2H3. The predicted molar refractivity (Wildman–Crippen MR) is 71.7 cm³/mol. The number of alkyl halides is 2. The fourth-order valence-electron chi connectivity index (χ4n) is 2.05. The van der Waals surface area contributed by atoms with Gasteiger partial charge in [-0.25, -0.2) is 0 Å². The first kappa shape index (κ1) is 14.5. The fraction of sp³-hybridized carbons (Fsp3) is 0.333. The summed E-state index contributed by atoms with van der Waals surface area (Å²) in [6, 6.07) is 8.70. The van der Waals surface area contributed by atoms with E-state index in [-0.39, 0.29) is 17.8 Å². The van der Waals surface area contributed by atoms with Gasteiger partial charge in [0.05, 0.1) is 12.5 Å². The van der Waals surface area contributed by atoms with Gasteiger partial charge >= 0.3 is 6.61 Å². The molecule has 108 valence electrons. The SMILES string of the molecule is CC(NC(C)c1cccc(OC(F)F)c1)c1ccoc1. The van der Waals surface area contributed by atoms with Crippen LogP contribution >= 0.6 is 0 Å². The molecular formula is C15H17F2NO2. The maximum Gasteiger partial charge on any atom is 0.387 e. The first-order valence-electron chi connectivity index (χ1n) is 6.39. The molecule has 2 rings (SSSR count). The Kier molecular flexibility index (Phi) is 4.74. The van der Waals surface area contributed by atoms with Crippen molar-refractivity contribution in [1.29, 1.82) is 0 Å². The van der Waals surface area contributed by atoms with E-state index in [1.165, 1.54) is 6.07 Å². The molecule has 2 aromatic rings. The molecule has 0 aliphatic carbocycles. The zero-order chi connectivity index (χ0) is 14.5. The summed E-state index contributed by atoms with van der Waals surface area (Å²) in [5, 5.41) is 3.38. The highest BCUT2D eigenvalue weighted by atomic mass is 19.3. The first-order chi connectivity index (χ1) is 9.56. The van der Waals surface area contributed by atoms with Crippen LogP contribution in [0, 0.1) is 0 Å². The Balaban J connectivity index is 2.03. The van der Waals surface area contributed by atoms with Crippen LogP contribution in [-0.4, -0.2) is 6.61 Å². The monoisotopic (exact) mass is 281 g/mol. The molecule has 5 heteroatoms. The van der Waals surface area contributed by atoms with Crippen molar-refractivity contribution in [1.82, 2.24) is 5.32 Å². The number of hydrogen-bond donors (Lipinski definition) is 1. The number of rotatable bonds is 6. The molecule has 1 aromatic carbocycles. The smallest absolute Gasteiger partial charge is 0.387 e. The maximum absolute atomic E-state index is 12.2. The predicted octanol–water partition coefficient (Wildman–Crippen LogP) is 4.29. The summed E-state index contributed by atoms with van der Waals surface area (Å²) < 4.78 is 33.9. The molecule has 0 saturated carbocycles. The van der Waals surface area contributed by atoms with Crippen molar-refractivity contribution in [2.45, 2.75) is 32.5 Å². The molecular weight excluding hydrogens is 264 g/mol. The Morgan fingerprint density at radius 3 is 2.50 bits per heavy atom. The summed E-state index contributed by atoms with van der Waals surface area (Å²) in [5.74, 6) is 0.169. The first-order valence-corrected chi connectivity index (χ1v) is 6.39. The Morgan fingerprint density at radius 2 is 1.85 bits per heavy atom. The third-order valence-corrected chi connectivity index (χ3v) is 3.13. The number of ether oxygens (including phenoxy) is 1. The number of benzene rings is 1. The lowest BCUT2D eigenvalue weighted by Gasteiger charge is -2.20. The maximum atomic E-state index is 12.2. The van der Waals surface area contributed by atoms with Gasteiger partial charge in [-0.2, -0.15) is 8.78 Å². The third kappa shape index (κ3) is 3.81. The van der Waals surface area contributed by atoms with Gasteiger partial charge in [-0.1, -0.05) is 12.1 Å². The van der Waals surface area contributed by atoms with Gasteiger partial charge in [0, 0.05) is 17.6 Å². The van der Waals surface area contributed by atoms with Gasteiger partial charge in [0.2, 0.25) is 0 Å². The lowest BCUT2D eigenvalue weighted by Crippen LogP contribution is -2.22. The summed E-state index contributed by atoms with van der Waals surface area (Å²) in [4.78, 5) is 0. The van der Waals surface area contributed by atoms with Crippen LogP contribution in [-0.2, 0) is 0 Å². The molecule has 2 atom stereocenters. The highest BCUT2D eigenvalue weighted by Gasteiger charge is 2.13. The molecule has 2 unspecified atom stereocenters. The molecule has 1 N–H and O–H groups in total. The van der Waals surface area contributed by atoms with Gasteiger partial charge in [0.15, 0.2) is 0 Å². The summed E-state index contributed by atoms with van der Waals surface area (Å²) in [6.45, 7) is 1.18. The minimum absolute atomic E-state index is 0.00104. The van der Waals surface area contributed by atoms with Gasteiger partial charge < -0.3 is 14.5 Å². The minimum Gasteiger partial charge on any atom is -0.472 e. The Labute approximate surface area is 116 Å². The second-order valence-electron chi connectivity index (χ2n) is 4.62. The molecule has 0 fully saturated rings. The van der Waals surface area contributed by atoms with Crippen molar-refractivity contribution in [2.75, 3.05) is 0 Å². The second kappa shape index (κ2) is 6.52. The van der Waals surface area contributed by atoms with E-state index in [0.29, 0.717) is 0 Å². The van der Waals surface area contributed by atoms with E-state index in [1.54, 1.807) is 24.7 Å². The van der Waals surface area contributed by atoms with Gasteiger partial charge in [0.25, 0.3) is 0 Å². The Bertz CT molecular complexity index is 528. The lowest BCUT2D eigenvalue weighted by atomic mass is 10.1. The van der Waals surface area contributed by atoms with Crippen LogP contribution in [0.1, 0.15) is 37.1 Å². The molecule has 20 heavy (non-hydrogen) atoms. The second-order valence-corrected chi connectivity index (χ2v) is 4.62. The van der Waals surface area contributed by atoms with Crippen LogP contribution in [0.4, 0.5) is 8.78 Å². The molecule has 1 heterocycles. The van der Waals surface area contributed by atoms with E-state index in [9.17, 15) is 8.78 Å². The van der Waals surface area contributed by atoms with E-state index in [2.05, 4.69) is 10.1 Å². The quantitative estimate of drug-likeness (QED) is 0.857. The average molecular weight is 281 g/mol. The fourth-order valence-corrected chi connectivity index (χ4v) is 2.05. The van der Waals surface area contributed by atoms with Gasteiger partial charge in [-0.15, -0.1) is 0 Å². The minimum atomic E-state index is -2.81. The summed E-state index contributed by atoms with van der Waals surface area (Å²) >= 11 is 0. The van der Waals surface area contributed by atoms with Crippen LogP contribution < -0.4 is 10.1 Å². The number of furan rings is 1. The molecule has 0 saturated heterocycles. The van der Waals surface area contributed by atoms with Crippen molar-refractivity contribution in [3.8, 4) is 5.75 Å². The lowest BCUT2D eigenvalue weighted by molar-refractivity contribution is -0.0499. The zero-order valence-corrected chi connectivity index (χ0v) is 11.3. The van der Waals surface area contributed by atoms with Gasteiger partial charge in [-0.05, 0) is 37.6 Å². The van der Waals surface area contributed by atoms with Crippen molar-refractivity contribution in [3.05, 3.63) is 54.0 Å². The van der Waals surface area contributed by atoms with Crippen molar-refractivity contribution in [3.63, 3.8) is 0 Å². The number of hydrogen-bond acceptors (Lipinski definition) is 3. The van der Waals surface area contributed by atoms with E-state index in [0.717, 1.165) is 11.1 Å². The Hall–Kier alpha value is -1.88. The summed E-state index contributed by atoms with van der Waals surface area (Å²) in [5.41, 5.74) is 1.93. The highest BCUT2D eigenvalue weighted by Crippen LogP contribution is 2.23. The zero-order valence-electron chi connectivity index (χ0n) is 11.3. The Morgan fingerprint density at radius 1 is 1.10 bits per heavy atom.